The third kappa shape index (κ3) is 5.91. The molecule has 1 aromatic heterocycles. The van der Waals surface area contributed by atoms with E-state index in [9.17, 15) is 4.79 Å². The summed E-state index contributed by atoms with van der Waals surface area (Å²) in [4.78, 5) is 19.7. The highest BCUT2D eigenvalue weighted by molar-refractivity contribution is 7.09. The van der Waals surface area contributed by atoms with Crippen LogP contribution < -0.4 is 4.74 Å². The highest BCUT2D eigenvalue weighted by atomic mass is 32.1. The molecule has 0 radical (unpaired) electrons. The molecule has 0 N–H and O–H groups in total. The van der Waals surface area contributed by atoms with Crippen molar-refractivity contribution in [1.82, 2.24) is 9.88 Å². The molecule has 1 amide bonds. The van der Waals surface area contributed by atoms with Gasteiger partial charge in [0.25, 0.3) is 5.91 Å². The van der Waals surface area contributed by atoms with Crippen LogP contribution in [0.15, 0.2) is 53.9 Å². The van der Waals surface area contributed by atoms with E-state index in [1.165, 1.54) is 5.56 Å². The molecule has 0 spiro atoms. The third-order valence-corrected chi connectivity index (χ3v) is 5.45. The molecule has 0 aliphatic rings. The average molecular weight is 409 g/mol. The lowest BCUT2D eigenvalue weighted by molar-refractivity contribution is 0.0720. The van der Waals surface area contributed by atoms with Crippen LogP contribution in [0.25, 0.3) is 0 Å². The van der Waals surface area contributed by atoms with E-state index in [1.54, 1.807) is 11.3 Å². The zero-order chi connectivity index (χ0) is 20.8. The van der Waals surface area contributed by atoms with Crippen LogP contribution in [-0.4, -0.2) is 22.3 Å². The first-order valence-corrected chi connectivity index (χ1v) is 10.8. The van der Waals surface area contributed by atoms with Crippen molar-refractivity contribution in [3.8, 4) is 5.75 Å². The highest BCUT2D eigenvalue weighted by Crippen LogP contribution is 2.19. The standard InChI is InChI=1S/C24H28N2O2S/c1-17(2)13-26(24(27)22-8-6-5-7-19(22)4)14-20-16-29-23(25-20)15-28-21-11-9-18(3)10-12-21/h5-12,16-17H,13-15H2,1-4H3. The van der Waals surface area contributed by atoms with Crippen LogP contribution in [0.1, 0.15) is 46.0 Å². The van der Waals surface area contributed by atoms with E-state index in [-0.39, 0.29) is 5.91 Å². The first-order valence-electron chi connectivity index (χ1n) is 9.90. The summed E-state index contributed by atoms with van der Waals surface area (Å²) in [6, 6.07) is 15.7. The van der Waals surface area contributed by atoms with E-state index in [4.69, 9.17) is 4.74 Å². The first-order chi connectivity index (χ1) is 13.9. The SMILES string of the molecule is Cc1ccc(OCc2nc(CN(CC(C)C)C(=O)c3ccccc3C)cs2)cc1. The molecule has 5 heteroatoms. The van der Waals surface area contributed by atoms with E-state index in [2.05, 4.69) is 25.8 Å². The largest absolute Gasteiger partial charge is 0.486 e. The molecule has 29 heavy (non-hydrogen) atoms. The van der Waals surface area contributed by atoms with Gasteiger partial charge >= 0.3 is 0 Å². The number of ether oxygens (including phenoxy) is 1. The van der Waals surface area contributed by atoms with E-state index in [1.807, 2.05) is 65.7 Å². The number of aromatic nitrogens is 1. The summed E-state index contributed by atoms with van der Waals surface area (Å²) in [7, 11) is 0. The maximum atomic E-state index is 13.1. The van der Waals surface area contributed by atoms with Crippen molar-refractivity contribution in [3.63, 3.8) is 0 Å². The van der Waals surface area contributed by atoms with Crippen molar-refractivity contribution in [2.24, 2.45) is 5.92 Å². The smallest absolute Gasteiger partial charge is 0.254 e. The molecule has 0 saturated heterocycles. The van der Waals surface area contributed by atoms with Crippen molar-refractivity contribution >= 4 is 17.2 Å². The molecule has 0 atom stereocenters. The minimum atomic E-state index is 0.0576. The number of benzene rings is 2. The Hall–Kier alpha value is -2.66. The third-order valence-electron chi connectivity index (χ3n) is 4.58. The summed E-state index contributed by atoms with van der Waals surface area (Å²) in [5, 5.41) is 2.93. The minimum absolute atomic E-state index is 0.0576. The minimum Gasteiger partial charge on any atom is -0.486 e. The Morgan fingerprint density at radius 2 is 1.83 bits per heavy atom. The molecule has 0 saturated carbocycles. The van der Waals surface area contributed by atoms with Crippen molar-refractivity contribution in [1.29, 1.82) is 0 Å². The second-order valence-electron chi connectivity index (χ2n) is 7.73. The van der Waals surface area contributed by atoms with E-state index in [0.717, 1.165) is 27.6 Å². The quantitative estimate of drug-likeness (QED) is 0.484. The van der Waals surface area contributed by atoms with Crippen molar-refractivity contribution in [2.45, 2.75) is 40.8 Å². The normalized spacial score (nSPS) is 10.9. The number of thiazole rings is 1. The van der Waals surface area contributed by atoms with Gasteiger partial charge in [-0.2, -0.15) is 0 Å². The molecule has 0 aliphatic carbocycles. The molecule has 1 heterocycles. The van der Waals surface area contributed by atoms with Gasteiger partial charge in [0.05, 0.1) is 12.2 Å². The summed E-state index contributed by atoms with van der Waals surface area (Å²) in [5.41, 5.74) is 3.86. The van der Waals surface area contributed by atoms with Gasteiger partial charge in [-0.05, 0) is 43.5 Å². The van der Waals surface area contributed by atoms with Crippen molar-refractivity contribution in [2.75, 3.05) is 6.54 Å². The van der Waals surface area contributed by atoms with E-state index < -0.39 is 0 Å². The predicted octanol–water partition coefficient (Wildman–Crippen LogP) is 5.64. The van der Waals surface area contributed by atoms with Gasteiger partial charge in [0, 0.05) is 17.5 Å². The molecule has 152 valence electrons. The Morgan fingerprint density at radius 1 is 1.10 bits per heavy atom. The van der Waals surface area contributed by atoms with Gasteiger partial charge in [0.15, 0.2) is 0 Å². The van der Waals surface area contributed by atoms with Gasteiger partial charge in [-0.25, -0.2) is 4.98 Å². The lowest BCUT2D eigenvalue weighted by atomic mass is 10.1. The molecule has 0 fully saturated rings. The van der Waals surface area contributed by atoms with Crippen LogP contribution >= 0.6 is 11.3 Å². The molecular formula is C24H28N2O2S. The van der Waals surface area contributed by atoms with Crippen LogP contribution in [0, 0.1) is 19.8 Å². The lowest BCUT2D eigenvalue weighted by Gasteiger charge is -2.24. The number of hydrogen-bond donors (Lipinski definition) is 0. The topological polar surface area (TPSA) is 42.4 Å². The number of aryl methyl sites for hydroxylation is 2. The van der Waals surface area contributed by atoms with Crippen LogP contribution in [0.2, 0.25) is 0 Å². The zero-order valence-corrected chi connectivity index (χ0v) is 18.3. The number of carbonyl (C=O) groups is 1. The van der Waals surface area contributed by atoms with Gasteiger partial charge in [-0.3, -0.25) is 4.79 Å². The van der Waals surface area contributed by atoms with Gasteiger partial charge in [-0.15, -0.1) is 11.3 Å². The van der Waals surface area contributed by atoms with E-state index in [0.29, 0.717) is 25.6 Å². The molecule has 2 aromatic carbocycles. The summed E-state index contributed by atoms with van der Waals surface area (Å²) >= 11 is 1.57. The van der Waals surface area contributed by atoms with Crippen molar-refractivity contribution in [3.05, 3.63) is 81.3 Å². The van der Waals surface area contributed by atoms with Gasteiger partial charge in [-0.1, -0.05) is 49.7 Å². The van der Waals surface area contributed by atoms with Gasteiger partial charge in [0.2, 0.25) is 0 Å². The Morgan fingerprint density at radius 3 is 2.52 bits per heavy atom. The summed E-state index contributed by atoms with van der Waals surface area (Å²) in [6.45, 7) is 9.91. The highest BCUT2D eigenvalue weighted by Gasteiger charge is 2.20. The van der Waals surface area contributed by atoms with Crippen LogP contribution in [0.3, 0.4) is 0 Å². The van der Waals surface area contributed by atoms with Crippen molar-refractivity contribution < 1.29 is 9.53 Å². The Kier molecular flexibility index (Phi) is 7.04. The Bertz CT molecular complexity index is 948. The summed E-state index contributed by atoms with van der Waals surface area (Å²) in [5.74, 6) is 1.27. The first kappa shape index (κ1) is 21.1. The van der Waals surface area contributed by atoms with Crippen LogP contribution in [0.5, 0.6) is 5.75 Å². The van der Waals surface area contributed by atoms with Gasteiger partial charge < -0.3 is 9.64 Å². The van der Waals surface area contributed by atoms with Crippen LogP contribution in [0.4, 0.5) is 0 Å². The fraction of sp³-hybridized carbons (Fsp3) is 0.333. The second kappa shape index (κ2) is 9.70. The maximum Gasteiger partial charge on any atom is 0.254 e. The zero-order valence-electron chi connectivity index (χ0n) is 17.5. The number of nitrogens with zero attached hydrogens (tertiary/aromatic N) is 2. The van der Waals surface area contributed by atoms with Crippen LogP contribution in [-0.2, 0) is 13.2 Å². The van der Waals surface area contributed by atoms with Gasteiger partial charge in [0.1, 0.15) is 17.4 Å². The molecule has 3 aromatic rings. The fourth-order valence-corrected chi connectivity index (χ4v) is 3.80. The molecule has 3 rings (SSSR count). The van der Waals surface area contributed by atoms with E-state index >= 15 is 0 Å². The fourth-order valence-electron chi connectivity index (χ4n) is 3.11. The average Bonchev–Trinajstić information content (AvgIpc) is 3.14. The number of amides is 1. The molecule has 4 nitrogen and oxygen atoms in total. The monoisotopic (exact) mass is 408 g/mol. The molecule has 0 unspecified atom stereocenters. The predicted molar refractivity (Wildman–Crippen MR) is 118 cm³/mol. The molecular weight excluding hydrogens is 380 g/mol. The lowest BCUT2D eigenvalue weighted by Crippen LogP contribution is -2.34. The Balaban J connectivity index is 1.67. The second-order valence-corrected chi connectivity index (χ2v) is 8.67. The number of carbonyl (C=O) groups excluding carboxylic acids is 1. The summed E-state index contributed by atoms with van der Waals surface area (Å²) in [6.07, 6.45) is 0. The molecule has 0 bridgehead atoms. The summed E-state index contributed by atoms with van der Waals surface area (Å²) < 4.78 is 5.83. The maximum absolute atomic E-state index is 13.1. The Labute approximate surface area is 177 Å². The molecule has 0 aliphatic heterocycles. The number of hydrogen-bond acceptors (Lipinski definition) is 4. The number of rotatable bonds is 8.